The van der Waals surface area contributed by atoms with E-state index in [4.69, 9.17) is 0 Å². The fourth-order valence-electron chi connectivity index (χ4n) is 2.18. The molecule has 5 heteroatoms. The van der Waals surface area contributed by atoms with Gasteiger partial charge < -0.3 is 5.11 Å². The average molecular weight is 311 g/mol. The van der Waals surface area contributed by atoms with Gasteiger partial charge in [-0.25, -0.2) is 4.90 Å². The number of hydrogen-bond acceptors (Lipinski definition) is 4. The van der Waals surface area contributed by atoms with Crippen molar-refractivity contribution in [2.24, 2.45) is 0 Å². The third-order valence-corrected chi connectivity index (χ3v) is 4.11. The topological polar surface area (TPSA) is 57.6 Å². The largest absolute Gasteiger partial charge is 0.508 e. The molecule has 110 valence electrons. The van der Waals surface area contributed by atoms with Crippen molar-refractivity contribution in [3.8, 4) is 5.75 Å². The van der Waals surface area contributed by atoms with Crippen molar-refractivity contribution in [3.63, 3.8) is 0 Å². The Morgan fingerprint density at radius 3 is 2.50 bits per heavy atom. The molecule has 2 amide bonds. The van der Waals surface area contributed by atoms with E-state index in [1.54, 1.807) is 30.3 Å². The Morgan fingerprint density at radius 2 is 1.82 bits per heavy atom. The molecule has 22 heavy (non-hydrogen) atoms. The summed E-state index contributed by atoms with van der Waals surface area (Å²) in [6.45, 7) is 1.91. The molecule has 3 rings (SSSR count). The molecule has 0 radical (unpaired) electrons. The molecule has 0 spiro atoms. The minimum atomic E-state index is -0.325. The second-order valence-corrected chi connectivity index (χ2v) is 5.94. The molecule has 0 saturated carbocycles. The van der Waals surface area contributed by atoms with E-state index in [9.17, 15) is 14.7 Å². The smallest absolute Gasteiger partial charge is 0.298 e. The summed E-state index contributed by atoms with van der Waals surface area (Å²) in [5.74, 6) is -0.168. The zero-order chi connectivity index (χ0) is 15.7. The van der Waals surface area contributed by atoms with Gasteiger partial charge >= 0.3 is 0 Å². The summed E-state index contributed by atoms with van der Waals surface area (Å²) in [6.07, 6.45) is 1.65. The van der Waals surface area contributed by atoms with E-state index in [1.165, 1.54) is 17.0 Å². The molecule has 1 aliphatic rings. The normalized spacial score (nSPS) is 16.6. The fourth-order valence-corrected chi connectivity index (χ4v) is 3.02. The first kappa shape index (κ1) is 14.4. The Morgan fingerprint density at radius 1 is 1.09 bits per heavy atom. The maximum Gasteiger partial charge on any atom is 0.298 e. The van der Waals surface area contributed by atoms with E-state index in [0.29, 0.717) is 10.6 Å². The number of carbonyl (C=O) groups is 2. The highest BCUT2D eigenvalue weighted by atomic mass is 32.2. The lowest BCUT2D eigenvalue weighted by Crippen LogP contribution is -2.27. The van der Waals surface area contributed by atoms with Gasteiger partial charge in [-0.15, -0.1) is 0 Å². The van der Waals surface area contributed by atoms with Crippen molar-refractivity contribution in [2.75, 3.05) is 4.90 Å². The monoisotopic (exact) mass is 311 g/mol. The van der Waals surface area contributed by atoms with Crippen LogP contribution in [0.5, 0.6) is 5.75 Å². The first-order valence-electron chi connectivity index (χ1n) is 6.68. The van der Waals surface area contributed by atoms with Crippen LogP contribution in [-0.4, -0.2) is 16.3 Å². The Kier molecular flexibility index (Phi) is 3.73. The quantitative estimate of drug-likeness (QED) is 0.853. The summed E-state index contributed by atoms with van der Waals surface area (Å²) in [5, 5.41) is 8.97. The summed E-state index contributed by atoms with van der Waals surface area (Å²) < 4.78 is 0. The number of phenols is 1. The first-order chi connectivity index (χ1) is 10.5. The maximum atomic E-state index is 12.5. The van der Waals surface area contributed by atoms with E-state index < -0.39 is 0 Å². The van der Waals surface area contributed by atoms with Crippen LogP contribution in [0.3, 0.4) is 0 Å². The number of anilines is 1. The van der Waals surface area contributed by atoms with Gasteiger partial charge in [0.05, 0.1) is 10.6 Å². The summed E-state index contributed by atoms with van der Waals surface area (Å²) >= 11 is 0.918. The van der Waals surface area contributed by atoms with Crippen molar-refractivity contribution in [2.45, 2.75) is 6.92 Å². The van der Waals surface area contributed by atoms with Gasteiger partial charge in [0, 0.05) is 0 Å². The molecule has 0 unspecified atom stereocenters. The molecule has 0 bridgehead atoms. The second kappa shape index (κ2) is 5.69. The van der Waals surface area contributed by atoms with Gasteiger partial charge in [-0.1, -0.05) is 24.3 Å². The van der Waals surface area contributed by atoms with Crippen LogP contribution in [0.1, 0.15) is 11.1 Å². The lowest BCUT2D eigenvalue weighted by atomic mass is 10.2. The molecule has 2 aromatic rings. The molecule has 2 aromatic carbocycles. The molecule has 1 N–H and O–H groups in total. The summed E-state index contributed by atoms with van der Waals surface area (Å²) in [5.41, 5.74) is 2.32. The molecular weight excluding hydrogens is 298 g/mol. The Hall–Kier alpha value is -2.53. The molecule has 0 aliphatic carbocycles. The number of aryl methyl sites for hydroxylation is 1. The number of amides is 2. The van der Waals surface area contributed by atoms with Crippen molar-refractivity contribution in [3.05, 3.63) is 64.6 Å². The van der Waals surface area contributed by atoms with Crippen LogP contribution in [0, 0.1) is 6.92 Å². The standard InChI is InChI=1S/C17H13NO3S/c1-11-3-2-4-13(9-11)18-16(20)15(22-17(18)21)10-12-5-7-14(19)8-6-12/h2-10,19H,1H3. The third-order valence-electron chi connectivity index (χ3n) is 3.24. The summed E-state index contributed by atoms with van der Waals surface area (Å²) in [6, 6.07) is 13.7. The number of thioether (sulfide) groups is 1. The number of carbonyl (C=O) groups excluding carboxylic acids is 2. The Labute approximate surface area is 132 Å². The Bertz CT molecular complexity index is 781. The van der Waals surface area contributed by atoms with Crippen LogP contribution < -0.4 is 4.90 Å². The van der Waals surface area contributed by atoms with Crippen molar-refractivity contribution >= 4 is 34.7 Å². The van der Waals surface area contributed by atoms with Crippen LogP contribution in [0.25, 0.3) is 6.08 Å². The van der Waals surface area contributed by atoms with Crippen LogP contribution in [0.4, 0.5) is 10.5 Å². The van der Waals surface area contributed by atoms with E-state index in [2.05, 4.69) is 0 Å². The Balaban J connectivity index is 1.93. The number of hydrogen-bond donors (Lipinski definition) is 1. The predicted octanol–water partition coefficient (Wildman–Crippen LogP) is 3.94. The fraction of sp³-hybridized carbons (Fsp3) is 0.0588. The molecule has 1 aliphatic heterocycles. The van der Waals surface area contributed by atoms with Crippen LogP contribution >= 0.6 is 11.8 Å². The zero-order valence-electron chi connectivity index (χ0n) is 11.8. The zero-order valence-corrected chi connectivity index (χ0v) is 12.6. The van der Waals surface area contributed by atoms with Gasteiger partial charge in [-0.3, -0.25) is 9.59 Å². The van der Waals surface area contributed by atoms with Crippen LogP contribution in [0.15, 0.2) is 53.4 Å². The van der Waals surface area contributed by atoms with Crippen molar-refractivity contribution in [1.82, 2.24) is 0 Å². The number of aromatic hydroxyl groups is 1. The lowest BCUT2D eigenvalue weighted by molar-refractivity contribution is -0.113. The third kappa shape index (κ3) is 2.76. The second-order valence-electron chi connectivity index (χ2n) is 4.95. The van der Waals surface area contributed by atoms with E-state index in [0.717, 1.165) is 22.9 Å². The van der Waals surface area contributed by atoms with Gasteiger partial charge in [0.2, 0.25) is 0 Å². The predicted molar refractivity (Wildman–Crippen MR) is 87.7 cm³/mol. The van der Waals surface area contributed by atoms with E-state index in [1.807, 2.05) is 19.1 Å². The number of imide groups is 1. The lowest BCUT2D eigenvalue weighted by Gasteiger charge is -2.12. The van der Waals surface area contributed by atoms with Gasteiger partial charge in [0.25, 0.3) is 11.1 Å². The summed E-state index contributed by atoms with van der Waals surface area (Å²) in [7, 11) is 0. The van der Waals surface area contributed by atoms with Crippen molar-refractivity contribution in [1.29, 1.82) is 0 Å². The van der Waals surface area contributed by atoms with Crippen molar-refractivity contribution < 1.29 is 14.7 Å². The first-order valence-corrected chi connectivity index (χ1v) is 7.50. The molecule has 4 nitrogen and oxygen atoms in total. The maximum absolute atomic E-state index is 12.5. The van der Waals surface area contributed by atoms with E-state index in [-0.39, 0.29) is 16.9 Å². The molecule has 1 fully saturated rings. The number of benzene rings is 2. The molecule has 0 atom stereocenters. The van der Waals surface area contributed by atoms with E-state index >= 15 is 0 Å². The molecule has 1 heterocycles. The number of nitrogens with zero attached hydrogens (tertiary/aromatic N) is 1. The SMILES string of the molecule is Cc1cccc(N2C(=O)SC(=Cc3ccc(O)cc3)C2=O)c1. The van der Waals surface area contributed by atoms with Gasteiger partial charge in [-0.2, -0.15) is 0 Å². The molecule has 1 saturated heterocycles. The summed E-state index contributed by atoms with van der Waals surface area (Å²) in [4.78, 5) is 26.2. The van der Waals surface area contributed by atoms with Crippen LogP contribution in [-0.2, 0) is 4.79 Å². The van der Waals surface area contributed by atoms with Gasteiger partial charge in [0.15, 0.2) is 0 Å². The molecular formula is C17H13NO3S. The minimum absolute atomic E-state index is 0.157. The highest BCUT2D eigenvalue weighted by molar-refractivity contribution is 8.19. The van der Waals surface area contributed by atoms with Gasteiger partial charge in [0.1, 0.15) is 5.75 Å². The highest BCUT2D eigenvalue weighted by Gasteiger charge is 2.36. The number of rotatable bonds is 2. The van der Waals surface area contributed by atoms with Crippen LogP contribution in [0.2, 0.25) is 0 Å². The number of phenolic OH excluding ortho intramolecular Hbond substituents is 1. The highest BCUT2D eigenvalue weighted by Crippen LogP contribution is 2.35. The minimum Gasteiger partial charge on any atom is -0.508 e. The average Bonchev–Trinajstić information content (AvgIpc) is 2.76. The van der Waals surface area contributed by atoms with Gasteiger partial charge in [-0.05, 0) is 60.2 Å². The molecule has 0 aromatic heterocycles.